The standard InChI is InChI=1S/C14H19NO3/c16-14(17)13(12-4-2-1-3-5-12)6-7-15-8-10-18-11-9-15/h1-5,13H,6-11H2,(H,16,17). The van der Waals surface area contributed by atoms with Crippen molar-refractivity contribution in [2.24, 2.45) is 0 Å². The van der Waals surface area contributed by atoms with Gasteiger partial charge >= 0.3 is 5.97 Å². The number of benzene rings is 1. The van der Waals surface area contributed by atoms with Crippen LogP contribution in [-0.2, 0) is 9.53 Å². The topological polar surface area (TPSA) is 49.8 Å². The molecule has 0 saturated carbocycles. The number of ether oxygens (including phenoxy) is 1. The van der Waals surface area contributed by atoms with Crippen molar-refractivity contribution in [3.63, 3.8) is 0 Å². The quantitative estimate of drug-likeness (QED) is 0.860. The first-order valence-electron chi connectivity index (χ1n) is 6.35. The van der Waals surface area contributed by atoms with E-state index in [4.69, 9.17) is 4.74 Å². The van der Waals surface area contributed by atoms with Crippen LogP contribution >= 0.6 is 0 Å². The summed E-state index contributed by atoms with van der Waals surface area (Å²) in [5.74, 6) is -1.15. The highest BCUT2D eigenvalue weighted by Crippen LogP contribution is 2.20. The lowest BCUT2D eigenvalue weighted by Gasteiger charge is -2.27. The van der Waals surface area contributed by atoms with Crippen LogP contribution in [0, 0.1) is 0 Å². The predicted octanol–water partition coefficient (Wildman–Crippen LogP) is 1.58. The van der Waals surface area contributed by atoms with Crippen molar-refractivity contribution >= 4 is 5.97 Å². The molecule has 1 aromatic carbocycles. The SMILES string of the molecule is O=C(O)C(CCN1CCOCC1)c1ccccc1. The van der Waals surface area contributed by atoms with E-state index in [1.54, 1.807) is 0 Å². The summed E-state index contributed by atoms with van der Waals surface area (Å²) in [5.41, 5.74) is 0.887. The Morgan fingerprint density at radius 2 is 1.94 bits per heavy atom. The van der Waals surface area contributed by atoms with Crippen LogP contribution in [-0.4, -0.2) is 48.8 Å². The maximum absolute atomic E-state index is 11.3. The number of carbonyl (C=O) groups is 1. The fourth-order valence-corrected chi connectivity index (χ4v) is 2.25. The predicted molar refractivity (Wildman–Crippen MR) is 68.7 cm³/mol. The van der Waals surface area contributed by atoms with Gasteiger partial charge in [0.1, 0.15) is 0 Å². The third-order valence-electron chi connectivity index (χ3n) is 3.34. The van der Waals surface area contributed by atoms with Gasteiger partial charge < -0.3 is 9.84 Å². The molecule has 98 valence electrons. The summed E-state index contributed by atoms with van der Waals surface area (Å²) in [6.45, 7) is 4.13. The van der Waals surface area contributed by atoms with E-state index < -0.39 is 11.9 Å². The third kappa shape index (κ3) is 3.55. The molecule has 18 heavy (non-hydrogen) atoms. The summed E-state index contributed by atoms with van der Waals surface area (Å²) in [6, 6.07) is 9.46. The van der Waals surface area contributed by atoms with Crippen LogP contribution in [0.15, 0.2) is 30.3 Å². The Hall–Kier alpha value is -1.39. The fourth-order valence-electron chi connectivity index (χ4n) is 2.25. The van der Waals surface area contributed by atoms with E-state index in [0.717, 1.165) is 38.4 Å². The molecule has 4 heteroatoms. The van der Waals surface area contributed by atoms with Crippen molar-refractivity contribution in [2.45, 2.75) is 12.3 Å². The lowest BCUT2D eigenvalue weighted by atomic mass is 9.95. The van der Waals surface area contributed by atoms with Crippen molar-refractivity contribution in [1.29, 1.82) is 0 Å². The van der Waals surface area contributed by atoms with E-state index in [1.165, 1.54) is 0 Å². The number of carboxylic acids is 1. The van der Waals surface area contributed by atoms with Gasteiger partial charge in [0.15, 0.2) is 0 Å². The Balaban J connectivity index is 1.92. The van der Waals surface area contributed by atoms with Crippen LogP contribution in [0.5, 0.6) is 0 Å². The molecule has 0 bridgehead atoms. The summed E-state index contributed by atoms with van der Waals surface area (Å²) < 4.78 is 5.28. The maximum Gasteiger partial charge on any atom is 0.311 e. The van der Waals surface area contributed by atoms with Crippen molar-refractivity contribution < 1.29 is 14.6 Å². The molecule has 1 heterocycles. The molecule has 0 aromatic heterocycles. The van der Waals surface area contributed by atoms with Gasteiger partial charge in [-0.1, -0.05) is 30.3 Å². The number of morpholine rings is 1. The fraction of sp³-hybridized carbons (Fsp3) is 0.500. The van der Waals surface area contributed by atoms with Crippen molar-refractivity contribution in [3.8, 4) is 0 Å². The Morgan fingerprint density at radius 3 is 2.56 bits per heavy atom. The van der Waals surface area contributed by atoms with Crippen LogP contribution < -0.4 is 0 Å². The Morgan fingerprint density at radius 1 is 1.28 bits per heavy atom. The monoisotopic (exact) mass is 249 g/mol. The molecule has 0 amide bonds. The van der Waals surface area contributed by atoms with Crippen LogP contribution in [0.3, 0.4) is 0 Å². The molecule has 2 rings (SSSR count). The summed E-state index contributed by atoms with van der Waals surface area (Å²) in [4.78, 5) is 13.6. The van der Waals surface area contributed by atoms with Gasteiger partial charge in [-0.05, 0) is 18.5 Å². The minimum Gasteiger partial charge on any atom is -0.481 e. The average molecular weight is 249 g/mol. The normalized spacial score (nSPS) is 18.4. The van der Waals surface area contributed by atoms with Crippen LogP contribution in [0.1, 0.15) is 17.9 Å². The van der Waals surface area contributed by atoms with Crippen LogP contribution in [0.2, 0.25) is 0 Å². The van der Waals surface area contributed by atoms with E-state index in [0.29, 0.717) is 6.42 Å². The zero-order valence-electron chi connectivity index (χ0n) is 10.4. The summed E-state index contributed by atoms with van der Waals surface area (Å²) in [7, 11) is 0. The van der Waals surface area contributed by atoms with Gasteiger partial charge in [0.05, 0.1) is 19.1 Å². The highest BCUT2D eigenvalue weighted by atomic mass is 16.5. The van der Waals surface area contributed by atoms with Gasteiger partial charge in [-0.2, -0.15) is 0 Å². The second-order valence-corrected chi connectivity index (χ2v) is 4.54. The number of hydrogen-bond acceptors (Lipinski definition) is 3. The largest absolute Gasteiger partial charge is 0.481 e. The molecule has 1 aromatic rings. The first-order valence-corrected chi connectivity index (χ1v) is 6.35. The third-order valence-corrected chi connectivity index (χ3v) is 3.34. The van der Waals surface area contributed by atoms with Gasteiger partial charge in [0, 0.05) is 13.1 Å². The minimum atomic E-state index is -0.741. The van der Waals surface area contributed by atoms with Gasteiger partial charge in [-0.3, -0.25) is 9.69 Å². The van der Waals surface area contributed by atoms with Crippen molar-refractivity contribution in [2.75, 3.05) is 32.8 Å². The molecular weight excluding hydrogens is 230 g/mol. The molecular formula is C14H19NO3. The second-order valence-electron chi connectivity index (χ2n) is 4.54. The zero-order chi connectivity index (χ0) is 12.8. The molecule has 1 N–H and O–H groups in total. The summed E-state index contributed by atoms with van der Waals surface area (Å²) in [5, 5.41) is 9.31. The van der Waals surface area contributed by atoms with E-state index in [9.17, 15) is 9.90 Å². The number of nitrogens with zero attached hydrogens (tertiary/aromatic N) is 1. The smallest absolute Gasteiger partial charge is 0.311 e. The number of carboxylic acid groups (broad SMARTS) is 1. The molecule has 1 saturated heterocycles. The van der Waals surface area contributed by atoms with E-state index in [1.807, 2.05) is 30.3 Å². The van der Waals surface area contributed by atoms with E-state index in [-0.39, 0.29) is 0 Å². The molecule has 0 aliphatic carbocycles. The lowest BCUT2D eigenvalue weighted by Crippen LogP contribution is -2.37. The van der Waals surface area contributed by atoms with E-state index in [2.05, 4.69) is 4.90 Å². The minimum absolute atomic E-state index is 0.408. The van der Waals surface area contributed by atoms with Crippen molar-refractivity contribution in [1.82, 2.24) is 4.90 Å². The molecule has 1 aliphatic rings. The number of aliphatic carboxylic acids is 1. The molecule has 1 fully saturated rings. The first kappa shape index (κ1) is 13.1. The highest BCUT2D eigenvalue weighted by Gasteiger charge is 2.21. The van der Waals surface area contributed by atoms with Crippen molar-refractivity contribution in [3.05, 3.63) is 35.9 Å². The van der Waals surface area contributed by atoms with Crippen LogP contribution in [0.25, 0.3) is 0 Å². The van der Waals surface area contributed by atoms with Gasteiger partial charge in [0.25, 0.3) is 0 Å². The van der Waals surface area contributed by atoms with Gasteiger partial charge in [-0.25, -0.2) is 0 Å². The number of rotatable bonds is 5. The molecule has 4 nitrogen and oxygen atoms in total. The molecule has 1 unspecified atom stereocenters. The Labute approximate surface area is 107 Å². The summed E-state index contributed by atoms with van der Waals surface area (Å²) in [6.07, 6.45) is 0.652. The highest BCUT2D eigenvalue weighted by molar-refractivity contribution is 5.76. The van der Waals surface area contributed by atoms with Gasteiger partial charge in [-0.15, -0.1) is 0 Å². The lowest BCUT2D eigenvalue weighted by molar-refractivity contribution is -0.139. The molecule has 1 atom stereocenters. The maximum atomic E-state index is 11.3. The molecule has 0 radical (unpaired) electrons. The zero-order valence-corrected chi connectivity index (χ0v) is 10.4. The average Bonchev–Trinajstić information content (AvgIpc) is 2.41. The summed E-state index contributed by atoms with van der Waals surface area (Å²) >= 11 is 0. The second kappa shape index (κ2) is 6.52. The first-order chi connectivity index (χ1) is 8.77. The van der Waals surface area contributed by atoms with Gasteiger partial charge in [0.2, 0.25) is 0 Å². The molecule has 1 aliphatic heterocycles. The van der Waals surface area contributed by atoms with E-state index >= 15 is 0 Å². The van der Waals surface area contributed by atoms with Crippen LogP contribution in [0.4, 0.5) is 0 Å². The Kier molecular flexibility index (Phi) is 4.73. The Bertz CT molecular complexity index is 374. The molecule has 0 spiro atoms. The number of hydrogen-bond donors (Lipinski definition) is 1.